The van der Waals surface area contributed by atoms with Gasteiger partial charge in [0.25, 0.3) is 0 Å². The fraction of sp³-hybridized carbons (Fsp3) is 0.222. The molecule has 7 nitrogen and oxygen atoms in total. The van der Waals surface area contributed by atoms with Gasteiger partial charge in [-0.1, -0.05) is 5.16 Å². The van der Waals surface area contributed by atoms with Crippen molar-refractivity contribution in [1.29, 1.82) is 0 Å². The van der Waals surface area contributed by atoms with Crippen LogP contribution in [0.25, 0.3) is 11.3 Å². The lowest BCUT2D eigenvalue weighted by atomic mass is 10.2. The second-order valence-corrected chi connectivity index (χ2v) is 3.17. The van der Waals surface area contributed by atoms with Crippen LogP contribution in [0.3, 0.4) is 0 Å². The van der Waals surface area contributed by atoms with Crippen LogP contribution in [0.2, 0.25) is 0 Å². The van der Waals surface area contributed by atoms with Crippen molar-refractivity contribution in [1.82, 2.24) is 14.9 Å². The Hall–Kier alpha value is -2.31. The first-order chi connectivity index (χ1) is 7.63. The summed E-state index contributed by atoms with van der Waals surface area (Å²) in [5, 5.41) is 7.52. The lowest BCUT2D eigenvalue weighted by Crippen LogP contribution is -2.04. The van der Waals surface area contributed by atoms with Crippen molar-refractivity contribution in [3.8, 4) is 11.3 Å². The molecule has 0 amide bonds. The van der Waals surface area contributed by atoms with Crippen molar-refractivity contribution in [2.75, 3.05) is 12.8 Å². The summed E-state index contributed by atoms with van der Waals surface area (Å²) < 4.78 is 11.0. The minimum absolute atomic E-state index is 0.147. The molecular weight excluding hydrogens is 212 g/mol. The molecule has 0 radical (unpaired) electrons. The highest BCUT2D eigenvalue weighted by molar-refractivity contribution is 5.95. The summed E-state index contributed by atoms with van der Waals surface area (Å²) in [5.41, 5.74) is 6.60. The minimum Gasteiger partial charge on any atom is -0.464 e. The summed E-state index contributed by atoms with van der Waals surface area (Å²) in [5.74, 6) is -0.236. The van der Waals surface area contributed by atoms with Gasteiger partial charge in [-0.05, 0) is 0 Å². The third kappa shape index (κ3) is 1.52. The summed E-state index contributed by atoms with van der Waals surface area (Å²) in [6.45, 7) is 0. The molecule has 2 aromatic rings. The van der Waals surface area contributed by atoms with E-state index in [-0.39, 0.29) is 5.69 Å². The van der Waals surface area contributed by atoms with E-state index in [0.29, 0.717) is 17.0 Å². The molecule has 16 heavy (non-hydrogen) atoms. The van der Waals surface area contributed by atoms with Crippen molar-refractivity contribution in [3.05, 3.63) is 18.1 Å². The van der Waals surface area contributed by atoms with Gasteiger partial charge < -0.3 is 15.0 Å². The van der Waals surface area contributed by atoms with E-state index in [1.54, 1.807) is 13.2 Å². The second kappa shape index (κ2) is 3.69. The number of methoxy groups -OCH3 is 1. The molecule has 2 heterocycles. The summed E-state index contributed by atoms with van der Waals surface area (Å²) in [7, 11) is 2.97. The zero-order valence-corrected chi connectivity index (χ0v) is 8.80. The first-order valence-corrected chi connectivity index (χ1v) is 4.46. The molecule has 2 aromatic heterocycles. The molecule has 84 valence electrons. The number of ether oxygens (including phenoxy) is 1. The van der Waals surface area contributed by atoms with Gasteiger partial charge in [-0.2, -0.15) is 5.10 Å². The van der Waals surface area contributed by atoms with E-state index in [1.165, 1.54) is 18.0 Å². The molecule has 0 aliphatic rings. The average Bonchev–Trinajstić information content (AvgIpc) is 2.83. The fourth-order valence-electron chi connectivity index (χ4n) is 1.35. The van der Waals surface area contributed by atoms with Gasteiger partial charge in [0, 0.05) is 13.2 Å². The Morgan fingerprint density at radius 1 is 1.62 bits per heavy atom. The van der Waals surface area contributed by atoms with Crippen LogP contribution in [0.1, 0.15) is 10.5 Å². The zero-order chi connectivity index (χ0) is 11.7. The standard InChI is InChI=1S/C9H10N4O3/c1-13-4-5(7(12-13)9(14)15-2)8-6(10)3-11-16-8/h3-4H,10H2,1-2H3. The molecule has 0 saturated heterocycles. The highest BCUT2D eigenvalue weighted by Gasteiger charge is 2.22. The number of hydrogen-bond acceptors (Lipinski definition) is 6. The van der Waals surface area contributed by atoms with E-state index >= 15 is 0 Å². The van der Waals surface area contributed by atoms with Crippen LogP contribution in [0, 0.1) is 0 Å². The van der Waals surface area contributed by atoms with Crippen LogP contribution < -0.4 is 5.73 Å². The van der Waals surface area contributed by atoms with Crippen LogP contribution in [-0.4, -0.2) is 28.0 Å². The molecule has 2 N–H and O–H groups in total. The molecule has 0 unspecified atom stereocenters. The monoisotopic (exact) mass is 222 g/mol. The van der Waals surface area contributed by atoms with E-state index in [2.05, 4.69) is 15.0 Å². The van der Waals surface area contributed by atoms with Crippen LogP contribution in [0.4, 0.5) is 5.69 Å². The lowest BCUT2D eigenvalue weighted by molar-refractivity contribution is 0.0594. The lowest BCUT2D eigenvalue weighted by Gasteiger charge is -1.97. The highest BCUT2D eigenvalue weighted by Crippen LogP contribution is 2.28. The van der Waals surface area contributed by atoms with Crippen LogP contribution in [0.15, 0.2) is 16.9 Å². The third-order valence-electron chi connectivity index (χ3n) is 2.05. The minimum atomic E-state index is -0.550. The topological polar surface area (TPSA) is 96.2 Å². The maximum Gasteiger partial charge on any atom is 0.359 e. The summed E-state index contributed by atoms with van der Waals surface area (Å²) in [6, 6.07) is 0. The first kappa shape index (κ1) is 10.2. The van der Waals surface area contributed by atoms with Gasteiger partial charge >= 0.3 is 5.97 Å². The fourth-order valence-corrected chi connectivity index (χ4v) is 1.35. The second-order valence-electron chi connectivity index (χ2n) is 3.17. The van der Waals surface area contributed by atoms with Crippen LogP contribution in [0.5, 0.6) is 0 Å². The van der Waals surface area contributed by atoms with Crippen molar-refractivity contribution >= 4 is 11.7 Å². The predicted molar refractivity (Wildman–Crippen MR) is 54.5 cm³/mol. The van der Waals surface area contributed by atoms with Gasteiger partial charge in [0.05, 0.1) is 18.9 Å². The summed E-state index contributed by atoms with van der Waals surface area (Å²) in [6.07, 6.45) is 2.98. The Balaban J connectivity index is 2.57. The number of aromatic nitrogens is 3. The molecule has 0 saturated carbocycles. The van der Waals surface area contributed by atoms with Gasteiger partial charge in [-0.3, -0.25) is 4.68 Å². The molecule has 0 atom stereocenters. The maximum atomic E-state index is 11.5. The summed E-state index contributed by atoms with van der Waals surface area (Å²) in [4.78, 5) is 11.5. The Kier molecular flexibility index (Phi) is 2.35. The Morgan fingerprint density at radius 3 is 2.94 bits per heavy atom. The number of rotatable bonds is 2. The molecule has 0 fully saturated rings. The van der Waals surface area contributed by atoms with Crippen molar-refractivity contribution in [2.24, 2.45) is 7.05 Å². The van der Waals surface area contributed by atoms with Gasteiger partial charge in [-0.25, -0.2) is 4.79 Å². The van der Waals surface area contributed by atoms with Gasteiger partial charge in [0.2, 0.25) is 0 Å². The number of hydrogen-bond donors (Lipinski definition) is 1. The van der Waals surface area contributed by atoms with Crippen LogP contribution in [-0.2, 0) is 11.8 Å². The molecule has 0 aliphatic heterocycles. The van der Waals surface area contributed by atoms with Gasteiger partial charge in [0.15, 0.2) is 11.5 Å². The number of carbonyl (C=O) groups is 1. The Labute approximate surface area is 90.8 Å². The average molecular weight is 222 g/mol. The number of carbonyl (C=O) groups excluding carboxylic acids is 1. The Morgan fingerprint density at radius 2 is 2.38 bits per heavy atom. The smallest absolute Gasteiger partial charge is 0.359 e. The first-order valence-electron chi connectivity index (χ1n) is 4.46. The number of aryl methyl sites for hydroxylation is 1. The van der Waals surface area contributed by atoms with Gasteiger partial charge in [0.1, 0.15) is 5.69 Å². The van der Waals surface area contributed by atoms with Crippen LogP contribution >= 0.6 is 0 Å². The number of nitrogens with two attached hydrogens (primary N) is 1. The molecular formula is C9H10N4O3. The van der Waals surface area contributed by atoms with Crippen molar-refractivity contribution < 1.29 is 14.1 Å². The van der Waals surface area contributed by atoms with E-state index in [9.17, 15) is 4.79 Å². The quantitative estimate of drug-likeness (QED) is 0.741. The molecule has 0 aromatic carbocycles. The number of nitrogens with zero attached hydrogens (tertiary/aromatic N) is 3. The molecule has 0 bridgehead atoms. The van der Waals surface area contributed by atoms with E-state index in [1.807, 2.05) is 0 Å². The maximum absolute atomic E-state index is 11.5. The predicted octanol–water partition coefficient (Wildman–Crippen LogP) is 0.444. The van der Waals surface area contributed by atoms with E-state index < -0.39 is 5.97 Å². The Bertz CT molecular complexity index is 529. The number of esters is 1. The number of nitrogen functional groups attached to an aromatic ring is 1. The SMILES string of the molecule is COC(=O)c1nn(C)cc1-c1oncc1N. The third-order valence-corrected chi connectivity index (χ3v) is 2.05. The molecule has 7 heteroatoms. The van der Waals surface area contributed by atoms with Gasteiger partial charge in [-0.15, -0.1) is 0 Å². The van der Waals surface area contributed by atoms with Crippen molar-refractivity contribution in [3.63, 3.8) is 0 Å². The molecule has 0 aliphatic carbocycles. The largest absolute Gasteiger partial charge is 0.464 e. The molecule has 2 rings (SSSR count). The highest BCUT2D eigenvalue weighted by atomic mass is 16.5. The van der Waals surface area contributed by atoms with E-state index in [4.69, 9.17) is 10.3 Å². The van der Waals surface area contributed by atoms with E-state index in [0.717, 1.165) is 0 Å². The summed E-state index contributed by atoms with van der Waals surface area (Å²) >= 11 is 0. The van der Waals surface area contributed by atoms with Crippen molar-refractivity contribution in [2.45, 2.75) is 0 Å². The number of anilines is 1. The molecule has 0 spiro atoms. The zero-order valence-electron chi connectivity index (χ0n) is 8.80. The normalized spacial score (nSPS) is 10.4.